The van der Waals surface area contributed by atoms with E-state index in [2.05, 4.69) is 5.32 Å². The normalized spacial score (nSPS) is 21.9. The fraction of sp³-hybridized carbons (Fsp3) is 0.529. The van der Waals surface area contributed by atoms with Gasteiger partial charge in [-0.15, -0.1) is 0 Å². The monoisotopic (exact) mass is 302 g/mol. The summed E-state index contributed by atoms with van der Waals surface area (Å²) in [5, 5.41) is 2.86. The molecule has 0 saturated carbocycles. The largest absolute Gasteiger partial charge is 0.491 e. The van der Waals surface area contributed by atoms with Gasteiger partial charge in [0.25, 0.3) is 0 Å². The number of para-hydroxylation sites is 2. The fourth-order valence-corrected chi connectivity index (χ4v) is 3.01. The van der Waals surface area contributed by atoms with Gasteiger partial charge < -0.3 is 15.0 Å². The number of fused-ring (bicyclic) bond motifs is 1. The van der Waals surface area contributed by atoms with Crippen LogP contribution >= 0.6 is 0 Å². The van der Waals surface area contributed by atoms with Gasteiger partial charge in [0.15, 0.2) is 0 Å². The number of likely N-dealkylation sites (tertiary alicyclic amines) is 1. The third-order valence-corrected chi connectivity index (χ3v) is 4.34. The molecule has 0 radical (unpaired) electrons. The van der Waals surface area contributed by atoms with Gasteiger partial charge in [0.1, 0.15) is 12.4 Å². The van der Waals surface area contributed by atoms with Crippen molar-refractivity contribution < 1.29 is 14.3 Å². The van der Waals surface area contributed by atoms with Crippen LogP contribution in [-0.4, -0.2) is 36.4 Å². The highest BCUT2D eigenvalue weighted by atomic mass is 16.5. The molecule has 2 aliphatic heterocycles. The van der Waals surface area contributed by atoms with Crippen LogP contribution in [0.5, 0.6) is 5.75 Å². The van der Waals surface area contributed by atoms with Crippen molar-refractivity contribution in [3.8, 4) is 5.75 Å². The Morgan fingerprint density at radius 2 is 1.91 bits per heavy atom. The molecule has 0 spiro atoms. The van der Waals surface area contributed by atoms with Crippen molar-refractivity contribution >= 4 is 17.5 Å². The quantitative estimate of drug-likeness (QED) is 0.913. The zero-order chi connectivity index (χ0) is 15.4. The first-order valence-corrected chi connectivity index (χ1v) is 8.04. The van der Waals surface area contributed by atoms with Gasteiger partial charge in [-0.25, -0.2) is 0 Å². The van der Waals surface area contributed by atoms with Gasteiger partial charge >= 0.3 is 0 Å². The van der Waals surface area contributed by atoms with E-state index in [0.29, 0.717) is 11.4 Å². The van der Waals surface area contributed by atoms with E-state index in [1.807, 2.05) is 29.2 Å². The van der Waals surface area contributed by atoms with E-state index in [4.69, 9.17) is 4.74 Å². The maximum atomic E-state index is 12.4. The summed E-state index contributed by atoms with van der Waals surface area (Å²) in [6, 6.07) is 7.36. The van der Waals surface area contributed by atoms with Gasteiger partial charge in [-0.3, -0.25) is 9.59 Å². The summed E-state index contributed by atoms with van der Waals surface area (Å²) < 4.78 is 5.69. The number of ether oxygens (including phenoxy) is 1. The number of nitrogens with one attached hydrogen (secondary N) is 1. The lowest BCUT2D eigenvalue weighted by atomic mass is 10.0. The molecule has 2 amide bonds. The summed E-state index contributed by atoms with van der Waals surface area (Å²) in [4.78, 5) is 26.6. The summed E-state index contributed by atoms with van der Waals surface area (Å²) in [6.45, 7) is 1.88. The van der Waals surface area contributed by atoms with Crippen molar-refractivity contribution in [1.29, 1.82) is 0 Å². The van der Waals surface area contributed by atoms with E-state index in [1.54, 1.807) is 0 Å². The minimum absolute atomic E-state index is 0.0663. The molecule has 0 bridgehead atoms. The first-order chi connectivity index (χ1) is 10.7. The molecule has 5 nitrogen and oxygen atoms in total. The minimum atomic E-state index is -0.428. The maximum absolute atomic E-state index is 12.4. The number of nitrogens with zero attached hydrogens (tertiary/aromatic N) is 1. The Bertz CT molecular complexity index is 551. The second-order valence-corrected chi connectivity index (χ2v) is 5.99. The molecule has 0 aromatic heterocycles. The second kappa shape index (κ2) is 6.81. The van der Waals surface area contributed by atoms with Crippen LogP contribution in [0, 0.1) is 5.92 Å². The summed E-state index contributed by atoms with van der Waals surface area (Å²) in [5.41, 5.74) is 0.678. The van der Waals surface area contributed by atoms with Crippen molar-refractivity contribution in [1.82, 2.24) is 4.90 Å². The van der Waals surface area contributed by atoms with Gasteiger partial charge in [-0.2, -0.15) is 0 Å². The molecule has 1 atom stereocenters. The predicted molar refractivity (Wildman–Crippen MR) is 83.7 cm³/mol. The van der Waals surface area contributed by atoms with Crippen LogP contribution in [0.1, 0.15) is 32.1 Å². The van der Waals surface area contributed by atoms with Crippen LogP contribution in [0.4, 0.5) is 5.69 Å². The van der Waals surface area contributed by atoms with Crippen LogP contribution in [0.2, 0.25) is 0 Å². The zero-order valence-electron chi connectivity index (χ0n) is 12.7. The molecule has 1 aromatic rings. The Balaban J connectivity index is 1.63. The van der Waals surface area contributed by atoms with E-state index in [1.165, 1.54) is 12.8 Å². The second-order valence-electron chi connectivity index (χ2n) is 5.99. The van der Waals surface area contributed by atoms with Crippen molar-refractivity contribution in [2.24, 2.45) is 5.92 Å². The molecule has 1 saturated heterocycles. The SMILES string of the molecule is O=C1Nc2ccccc2OCC1CC(=O)N1CCCCCC1. The van der Waals surface area contributed by atoms with E-state index in [9.17, 15) is 9.59 Å². The van der Waals surface area contributed by atoms with E-state index in [-0.39, 0.29) is 24.8 Å². The lowest BCUT2D eigenvalue weighted by Gasteiger charge is -2.22. The highest BCUT2D eigenvalue weighted by molar-refractivity contribution is 5.97. The summed E-state index contributed by atoms with van der Waals surface area (Å²) in [5.74, 6) is 0.174. The molecule has 2 heterocycles. The topological polar surface area (TPSA) is 58.6 Å². The Hall–Kier alpha value is -2.04. The van der Waals surface area contributed by atoms with E-state index < -0.39 is 5.92 Å². The molecule has 5 heteroatoms. The lowest BCUT2D eigenvalue weighted by molar-refractivity contribution is -0.135. The number of hydrogen-bond acceptors (Lipinski definition) is 3. The summed E-state index contributed by atoms with van der Waals surface area (Å²) >= 11 is 0. The van der Waals surface area contributed by atoms with Gasteiger partial charge in [0, 0.05) is 19.5 Å². The molecule has 0 aliphatic carbocycles. The third-order valence-electron chi connectivity index (χ3n) is 4.34. The number of rotatable bonds is 2. The molecule has 2 aliphatic rings. The van der Waals surface area contributed by atoms with Gasteiger partial charge in [0.2, 0.25) is 11.8 Å². The number of carbonyl (C=O) groups excluding carboxylic acids is 2. The van der Waals surface area contributed by atoms with Gasteiger partial charge in [0.05, 0.1) is 11.6 Å². The van der Waals surface area contributed by atoms with Crippen LogP contribution in [-0.2, 0) is 9.59 Å². The number of hydrogen-bond donors (Lipinski definition) is 1. The molecule has 1 fully saturated rings. The fourth-order valence-electron chi connectivity index (χ4n) is 3.01. The Morgan fingerprint density at radius 3 is 2.68 bits per heavy atom. The summed E-state index contributed by atoms with van der Waals surface area (Å²) in [6.07, 6.45) is 4.72. The molecule has 118 valence electrons. The van der Waals surface area contributed by atoms with Gasteiger partial charge in [-0.1, -0.05) is 25.0 Å². The number of anilines is 1. The van der Waals surface area contributed by atoms with E-state index in [0.717, 1.165) is 25.9 Å². The van der Waals surface area contributed by atoms with Crippen molar-refractivity contribution in [2.45, 2.75) is 32.1 Å². The zero-order valence-corrected chi connectivity index (χ0v) is 12.7. The molecule has 1 unspecified atom stereocenters. The van der Waals surface area contributed by atoms with E-state index >= 15 is 0 Å². The summed E-state index contributed by atoms with van der Waals surface area (Å²) in [7, 11) is 0. The number of amides is 2. The van der Waals surface area contributed by atoms with Crippen LogP contribution < -0.4 is 10.1 Å². The van der Waals surface area contributed by atoms with Crippen LogP contribution in [0.15, 0.2) is 24.3 Å². The van der Waals surface area contributed by atoms with Crippen LogP contribution in [0.25, 0.3) is 0 Å². The molecular formula is C17H22N2O3. The number of carbonyl (C=O) groups is 2. The first-order valence-electron chi connectivity index (χ1n) is 8.04. The Labute approximate surface area is 130 Å². The standard InChI is InChI=1S/C17H22N2O3/c20-16(19-9-5-1-2-6-10-19)11-13-12-22-15-8-4-3-7-14(15)18-17(13)21/h3-4,7-8,13H,1-2,5-6,9-12H2,(H,18,21). The van der Waals surface area contributed by atoms with Crippen molar-refractivity contribution in [3.05, 3.63) is 24.3 Å². The molecule has 22 heavy (non-hydrogen) atoms. The highest BCUT2D eigenvalue weighted by Gasteiger charge is 2.28. The Kier molecular flexibility index (Phi) is 4.61. The Morgan fingerprint density at radius 1 is 1.18 bits per heavy atom. The highest BCUT2D eigenvalue weighted by Crippen LogP contribution is 2.28. The molecule has 1 aromatic carbocycles. The smallest absolute Gasteiger partial charge is 0.231 e. The molecule has 1 N–H and O–H groups in total. The van der Waals surface area contributed by atoms with Crippen molar-refractivity contribution in [2.75, 3.05) is 25.0 Å². The maximum Gasteiger partial charge on any atom is 0.231 e. The molecule has 3 rings (SSSR count). The van der Waals surface area contributed by atoms with Gasteiger partial charge in [-0.05, 0) is 25.0 Å². The average Bonchev–Trinajstić information content (AvgIpc) is 2.88. The lowest BCUT2D eigenvalue weighted by Crippen LogP contribution is -2.36. The third kappa shape index (κ3) is 3.40. The number of benzene rings is 1. The first kappa shape index (κ1) is 14.9. The van der Waals surface area contributed by atoms with Crippen molar-refractivity contribution in [3.63, 3.8) is 0 Å². The predicted octanol–water partition coefficient (Wildman–Crippen LogP) is 2.43. The minimum Gasteiger partial charge on any atom is -0.491 e. The van der Waals surface area contributed by atoms with Crippen LogP contribution in [0.3, 0.4) is 0 Å². The average molecular weight is 302 g/mol. The molecular weight excluding hydrogens is 280 g/mol.